The second-order valence-electron chi connectivity index (χ2n) is 9.78. The highest BCUT2D eigenvalue weighted by Gasteiger charge is 2.46. The van der Waals surface area contributed by atoms with Gasteiger partial charge >= 0.3 is 0 Å². The van der Waals surface area contributed by atoms with Crippen molar-refractivity contribution in [2.24, 2.45) is 0 Å². The molecule has 0 N–H and O–H groups in total. The molecular formula is C23H36N2O4S. The Kier molecular flexibility index (Phi) is 6.80. The highest BCUT2D eigenvalue weighted by Crippen LogP contribution is 2.39. The van der Waals surface area contributed by atoms with Crippen molar-refractivity contribution in [3.8, 4) is 0 Å². The van der Waals surface area contributed by atoms with E-state index in [1.165, 1.54) is 0 Å². The second-order valence-corrected chi connectivity index (χ2v) is 11.6. The molecule has 0 amide bonds. The average Bonchev–Trinajstić information content (AvgIpc) is 3.04. The Hall–Kier alpha value is -1.25. The van der Waals surface area contributed by atoms with Crippen LogP contribution in [0.15, 0.2) is 41.8 Å². The van der Waals surface area contributed by atoms with Gasteiger partial charge in [-0.25, -0.2) is 8.42 Å². The molecule has 1 aromatic carbocycles. The molecule has 1 aromatic rings. The molecule has 2 aliphatic heterocycles. The van der Waals surface area contributed by atoms with E-state index in [0.29, 0.717) is 12.8 Å². The third-order valence-corrected chi connectivity index (χ3v) is 7.87. The van der Waals surface area contributed by atoms with Gasteiger partial charge in [0.05, 0.1) is 23.6 Å². The van der Waals surface area contributed by atoms with Crippen LogP contribution in [0, 0.1) is 6.92 Å². The van der Waals surface area contributed by atoms with Crippen LogP contribution < -0.4 is 0 Å². The van der Waals surface area contributed by atoms with E-state index >= 15 is 0 Å². The topological polar surface area (TPSA) is 59.1 Å². The van der Waals surface area contributed by atoms with E-state index in [2.05, 4.69) is 39.3 Å². The average molecular weight is 437 g/mol. The predicted octanol–water partition coefficient (Wildman–Crippen LogP) is 4.61. The lowest BCUT2D eigenvalue weighted by atomic mass is 9.82. The molecule has 2 atom stereocenters. The van der Waals surface area contributed by atoms with E-state index < -0.39 is 16.1 Å². The Morgan fingerprint density at radius 1 is 1.17 bits per heavy atom. The first-order chi connectivity index (χ1) is 14.0. The van der Waals surface area contributed by atoms with Crippen LogP contribution in [-0.2, 0) is 19.7 Å². The van der Waals surface area contributed by atoms with Gasteiger partial charge < -0.3 is 0 Å². The zero-order valence-electron chi connectivity index (χ0n) is 18.9. The van der Waals surface area contributed by atoms with Crippen molar-refractivity contribution in [2.45, 2.75) is 94.8 Å². The van der Waals surface area contributed by atoms with Gasteiger partial charge in [-0.2, -0.15) is 5.06 Å². The van der Waals surface area contributed by atoms with Crippen LogP contribution in [0.25, 0.3) is 0 Å². The van der Waals surface area contributed by atoms with E-state index in [9.17, 15) is 8.42 Å². The van der Waals surface area contributed by atoms with E-state index in [0.717, 1.165) is 29.3 Å². The van der Waals surface area contributed by atoms with Crippen molar-refractivity contribution in [3.05, 3.63) is 42.5 Å². The number of aryl methyl sites for hydroxylation is 1. The number of nitrogens with zero attached hydrogens (tertiary/aromatic N) is 2. The van der Waals surface area contributed by atoms with Crippen molar-refractivity contribution in [1.82, 2.24) is 9.53 Å². The molecule has 3 rings (SSSR count). The van der Waals surface area contributed by atoms with E-state index in [4.69, 9.17) is 9.68 Å². The first kappa shape index (κ1) is 23.4. The van der Waals surface area contributed by atoms with Gasteiger partial charge in [-0.1, -0.05) is 28.2 Å². The lowest BCUT2D eigenvalue weighted by Crippen LogP contribution is -2.59. The molecule has 0 saturated carbocycles. The highest BCUT2D eigenvalue weighted by molar-refractivity contribution is 7.89. The van der Waals surface area contributed by atoms with Crippen LogP contribution in [0.2, 0.25) is 0 Å². The molecule has 168 valence electrons. The minimum atomic E-state index is -3.79. The van der Waals surface area contributed by atoms with Crippen LogP contribution >= 0.6 is 0 Å². The SMILES string of the molecule is C=CC[C@H]1C[C@@H](CON2C(C)(C)CCCC2(C)C)N(S(=O)(=O)c2ccc(C)cc2)O1. The molecule has 2 heterocycles. The molecule has 0 aromatic heterocycles. The Bertz CT molecular complexity index is 832. The Morgan fingerprint density at radius 3 is 2.33 bits per heavy atom. The van der Waals surface area contributed by atoms with Crippen LogP contribution in [0.4, 0.5) is 0 Å². The van der Waals surface area contributed by atoms with Crippen molar-refractivity contribution < 1.29 is 18.1 Å². The minimum absolute atomic E-state index is 0.109. The van der Waals surface area contributed by atoms with Crippen LogP contribution in [0.1, 0.15) is 65.4 Å². The number of hydroxylamine groups is 3. The van der Waals surface area contributed by atoms with Crippen LogP contribution in [0.3, 0.4) is 0 Å². The van der Waals surface area contributed by atoms with Crippen molar-refractivity contribution in [2.75, 3.05) is 6.61 Å². The largest absolute Gasteiger partial charge is 0.296 e. The fourth-order valence-corrected chi connectivity index (χ4v) is 6.13. The molecule has 0 unspecified atom stereocenters. The molecule has 0 radical (unpaired) electrons. The summed E-state index contributed by atoms with van der Waals surface area (Å²) >= 11 is 0. The summed E-state index contributed by atoms with van der Waals surface area (Å²) in [6.45, 7) is 14.7. The molecule has 30 heavy (non-hydrogen) atoms. The van der Waals surface area contributed by atoms with Crippen molar-refractivity contribution in [3.63, 3.8) is 0 Å². The normalized spacial score (nSPS) is 27.2. The van der Waals surface area contributed by atoms with Gasteiger partial charge in [-0.3, -0.25) is 9.68 Å². The summed E-state index contributed by atoms with van der Waals surface area (Å²) in [5.74, 6) is 0. The molecule has 2 saturated heterocycles. The minimum Gasteiger partial charge on any atom is -0.296 e. The quantitative estimate of drug-likeness (QED) is 0.584. The fraction of sp³-hybridized carbons (Fsp3) is 0.652. The van der Waals surface area contributed by atoms with E-state index in [-0.39, 0.29) is 28.7 Å². The first-order valence-corrected chi connectivity index (χ1v) is 12.2. The lowest BCUT2D eigenvalue weighted by Gasteiger charge is -2.51. The van der Waals surface area contributed by atoms with Crippen molar-refractivity contribution >= 4 is 10.0 Å². The van der Waals surface area contributed by atoms with E-state index in [1.54, 1.807) is 30.3 Å². The number of hydrogen-bond donors (Lipinski definition) is 0. The standard InChI is InChI=1S/C23H36N2O4S/c1-7-9-20-16-19(17-28-25-22(3,4)14-8-15-23(25,5)6)24(29-20)30(26,27)21-12-10-18(2)11-13-21/h7,10-13,19-20H,1,8-9,14-17H2,2-6H3/t19-,20-/m0/s1. The second kappa shape index (κ2) is 8.71. The lowest BCUT2D eigenvalue weighted by molar-refractivity contribution is -0.287. The summed E-state index contributed by atoms with van der Waals surface area (Å²) in [6, 6.07) is 6.46. The van der Waals surface area contributed by atoms with Gasteiger partial charge in [0.25, 0.3) is 10.0 Å². The van der Waals surface area contributed by atoms with E-state index in [1.807, 2.05) is 6.92 Å². The molecule has 0 bridgehead atoms. The number of hydrogen-bond acceptors (Lipinski definition) is 5. The Labute approximate surface area is 181 Å². The molecule has 2 aliphatic rings. The maximum absolute atomic E-state index is 13.3. The van der Waals surface area contributed by atoms with Crippen LogP contribution in [-0.4, -0.2) is 47.8 Å². The molecular weight excluding hydrogens is 400 g/mol. The third kappa shape index (κ3) is 4.81. The maximum Gasteiger partial charge on any atom is 0.265 e. The molecule has 7 heteroatoms. The number of benzene rings is 1. The fourth-order valence-electron chi connectivity index (χ4n) is 4.67. The first-order valence-electron chi connectivity index (χ1n) is 10.8. The van der Waals surface area contributed by atoms with Gasteiger partial charge in [0.2, 0.25) is 0 Å². The smallest absolute Gasteiger partial charge is 0.265 e. The van der Waals surface area contributed by atoms with Gasteiger partial charge in [0.1, 0.15) is 0 Å². The monoisotopic (exact) mass is 436 g/mol. The molecule has 2 fully saturated rings. The number of rotatable bonds is 7. The molecule has 0 spiro atoms. The Morgan fingerprint density at radius 2 is 1.77 bits per heavy atom. The summed E-state index contributed by atoms with van der Waals surface area (Å²) in [7, 11) is -3.79. The summed E-state index contributed by atoms with van der Waals surface area (Å²) < 4.78 is 27.8. The predicted molar refractivity (Wildman–Crippen MR) is 118 cm³/mol. The van der Waals surface area contributed by atoms with Crippen molar-refractivity contribution in [1.29, 1.82) is 0 Å². The van der Waals surface area contributed by atoms with Gasteiger partial charge in [-0.15, -0.1) is 6.58 Å². The summed E-state index contributed by atoms with van der Waals surface area (Å²) in [5, 5.41) is 2.07. The number of piperidine rings is 1. The highest BCUT2D eigenvalue weighted by atomic mass is 32.2. The van der Waals surface area contributed by atoms with Gasteiger partial charge in [0, 0.05) is 11.1 Å². The summed E-state index contributed by atoms with van der Waals surface area (Å²) in [6.07, 6.45) is 5.95. The molecule has 6 nitrogen and oxygen atoms in total. The maximum atomic E-state index is 13.3. The third-order valence-electron chi connectivity index (χ3n) is 6.14. The zero-order valence-corrected chi connectivity index (χ0v) is 19.7. The van der Waals surface area contributed by atoms with Gasteiger partial charge in [0.15, 0.2) is 0 Å². The zero-order chi connectivity index (χ0) is 22.2. The van der Waals surface area contributed by atoms with Gasteiger partial charge in [-0.05, 0) is 78.9 Å². The molecule has 0 aliphatic carbocycles. The van der Waals surface area contributed by atoms with Crippen LogP contribution in [0.5, 0.6) is 0 Å². The number of sulfonamides is 1. The summed E-state index contributed by atoms with van der Waals surface area (Å²) in [5.41, 5.74) is 0.792. The summed E-state index contributed by atoms with van der Waals surface area (Å²) in [4.78, 5) is 12.4. The Balaban J connectivity index is 1.82.